The van der Waals surface area contributed by atoms with Crippen LogP contribution in [0.3, 0.4) is 0 Å². The Labute approximate surface area is 156 Å². The average Bonchev–Trinajstić information content (AvgIpc) is 3.29. The van der Waals surface area contributed by atoms with Crippen LogP contribution in [0.25, 0.3) is 10.9 Å². The molecular formula is C17H12N4O3S2. The molecule has 2 aromatic heterocycles. The number of thioether (sulfide) groups is 1. The molecule has 26 heavy (non-hydrogen) atoms. The summed E-state index contributed by atoms with van der Waals surface area (Å²) in [5, 5.41) is 15.4. The Kier molecular flexibility index (Phi) is 4.55. The van der Waals surface area contributed by atoms with Crippen LogP contribution in [0.4, 0.5) is 5.13 Å². The summed E-state index contributed by atoms with van der Waals surface area (Å²) in [6.07, 6.45) is 1.89. The van der Waals surface area contributed by atoms with Gasteiger partial charge in [0, 0.05) is 0 Å². The number of fused-ring (bicyclic) bond motifs is 1. The Morgan fingerprint density at radius 2 is 2.00 bits per heavy atom. The second kappa shape index (κ2) is 7.14. The zero-order valence-electron chi connectivity index (χ0n) is 13.5. The molecule has 0 saturated heterocycles. The fourth-order valence-electron chi connectivity index (χ4n) is 2.27. The molecule has 0 radical (unpaired) electrons. The molecule has 0 spiro atoms. The first-order valence-corrected chi connectivity index (χ1v) is 9.58. The lowest BCUT2D eigenvalue weighted by atomic mass is 10.2. The lowest BCUT2D eigenvalue weighted by molar-refractivity contribution is 0.0990. The molecule has 0 aliphatic rings. The number of hydrogen-bond acceptors (Lipinski definition) is 8. The summed E-state index contributed by atoms with van der Waals surface area (Å²) in [6, 6.07) is 14.6. The van der Waals surface area contributed by atoms with Crippen molar-refractivity contribution in [2.45, 2.75) is 4.34 Å². The van der Waals surface area contributed by atoms with E-state index in [9.17, 15) is 4.79 Å². The molecule has 0 aliphatic heterocycles. The predicted molar refractivity (Wildman–Crippen MR) is 100 cm³/mol. The quantitative estimate of drug-likeness (QED) is 0.402. The van der Waals surface area contributed by atoms with E-state index in [4.69, 9.17) is 9.26 Å². The van der Waals surface area contributed by atoms with E-state index >= 15 is 0 Å². The van der Waals surface area contributed by atoms with Gasteiger partial charge >= 0.3 is 0 Å². The highest BCUT2D eigenvalue weighted by Crippen LogP contribution is 2.28. The number of ether oxygens (including phenoxy) is 1. The molecular weight excluding hydrogens is 372 g/mol. The van der Waals surface area contributed by atoms with E-state index in [0.717, 1.165) is 4.34 Å². The Morgan fingerprint density at radius 1 is 1.15 bits per heavy atom. The maximum Gasteiger partial charge on any atom is 0.296 e. The van der Waals surface area contributed by atoms with E-state index in [0.29, 0.717) is 27.5 Å². The molecule has 2 heterocycles. The van der Waals surface area contributed by atoms with Crippen molar-refractivity contribution in [1.82, 2.24) is 15.4 Å². The molecule has 1 amide bonds. The fourth-order valence-corrected chi connectivity index (χ4v) is 3.43. The predicted octanol–water partition coefficient (Wildman–Crippen LogP) is 4.45. The van der Waals surface area contributed by atoms with Crippen LogP contribution in [-0.2, 0) is 0 Å². The average molecular weight is 384 g/mol. The Bertz CT molecular complexity index is 1060. The zero-order valence-corrected chi connectivity index (χ0v) is 15.1. The van der Waals surface area contributed by atoms with Crippen molar-refractivity contribution in [2.75, 3.05) is 11.6 Å². The van der Waals surface area contributed by atoms with E-state index in [1.807, 2.05) is 36.6 Å². The molecule has 1 N–H and O–H groups in total. The van der Waals surface area contributed by atoms with E-state index in [1.165, 1.54) is 23.1 Å². The molecule has 130 valence electrons. The molecule has 0 aliphatic carbocycles. The minimum atomic E-state index is -0.437. The largest absolute Gasteiger partial charge is 0.457 e. The molecule has 7 nitrogen and oxygen atoms in total. The van der Waals surface area contributed by atoms with Gasteiger partial charge in [-0.3, -0.25) is 10.1 Å². The standard InChI is InChI=1S/C17H12N4O3S2/c1-25-17-20-19-16(26-17)18-15(22)14-12-9-11(7-8-13(12)21-24-14)23-10-5-3-2-4-6-10/h2-9H,1H3,(H,18,19,22). The zero-order chi connectivity index (χ0) is 17.9. The Balaban J connectivity index is 1.60. The summed E-state index contributed by atoms with van der Waals surface area (Å²) in [4.78, 5) is 12.5. The Hall–Kier alpha value is -2.91. The summed E-state index contributed by atoms with van der Waals surface area (Å²) >= 11 is 2.75. The summed E-state index contributed by atoms with van der Waals surface area (Å²) in [5.41, 5.74) is 0.567. The summed E-state index contributed by atoms with van der Waals surface area (Å²) in [6.45, 7) is 0. The van der Waals surface area contributed by atoms with Gasteiger partial charge < -0.3 is 9.26 Å². The minimum absolute atomic E-state index is 0.0967. The van der Waals surface area contributed by atoms with Crippen LogP contribution in [0.2, 0.25) is 0 Å². The number of carbonyl (C=O) groups excluding carboxylic acids is 1. The van der Waals surface area contributed by atoms with Crippen molar-refractivity contribution >= 4 is 45.0 Å². The number of amides is 1. The number of nitrogens with zero attached hydrogens (tertiary/aromatic N) is 3. The number of rotatable bonds is 5. The number of carbonyl (C=O) groups is 1. The van der Waals surface area contributed by atoms with Crippen molar-refractivity contribution in [1.29, 1.82) is 0 Å². The highest BCUT2D eigenvalue weighted by Gasteiger charge is 2.19. The minimum Gasteiger partial charge on any atom is -0.457 e. The Morgan fingerprint density at radius 3 is 2.77 bits per heavy atom. The van der Waals surface area contributed by atoms with Gasteiger partial charge in [0.1, 0.15) is 17.0 Å². The number of para-hydroxylation sites is 1. The van der Waals surface area contributed by atoms with Gasteiger partial charge in [-0.2, -0.15) is 0 Å². The molecule has 0 unspecified atom stereocenters. The van der Waals surface area contributed by atoms with Crippen molar-refractivity contribution in [3.05, 3.63) is 54.3 Å². The van der Waals surface area contributed by atoms with Gasteiger partial charge in [-0.05, 0) is 36.6 Å². The molecule has 4 aromatic rings. The summed E-state index contributed by atoms with van der Waals surface area (Å²) in [5.74, 6) is 0.946. The van der Waals surface area contributed by atoms with Gasteiger partial charge in [0.2, 0.25) is 10.9 Å². The number of hydrogen-bond donors (Lipinski definition) is 1. The van der Waals surface area contributed by atoms with Crippen LogP contribution in [0.1, 0.15) is 10.6 Å². The second-order valence-corrected chi connectivity index (χ2v) is 7.17. The summed E-state index contributed by atoms with van der Waals surface area (Å²) < 4.78 is 11.8. The van der Waals surface area contributed by atoms with Gasteiger partial charge in [-0.1, -0.05) is 46.5 Å². The maximum absolute atomic E-state index is 12.5. The molecule has 4 rings (SSSR count). The molecule has 0 saturated carbocycles. The lowest BCUT2D eigenvalue weighted by Gasteiger charge is -2.05. The number of nitrogens with one attached hydrogen (secondary N) is 1. The highest BCUT2D eigenvalue weighted by molar-refractivity contribution is 8.00. The van der Waals surface area contributed by atoms with Gasteiger partial charge in [0.15, 0.2) is 4.34 Å². The van der Waals surface area contributed by atoms with E-state index in [1.54, 1.807) is 18.2 Å². The SMILES string of the molecule is CSc1nnc(NC(=O)c2onc3ccc(Oc4ccccc4)cc23)s1. The number of aromatic nitrogens is 3. The first-order valence-electron chi connectivity index (χ1n) is 7.54. The van der Waals surface area contributed by atoms with Crippen LogP contribution < -0.4 is 10.1 Å². The van der Waals surface area contributed by atoms with E-state index in [2.05, 4.69) is 20.7 Å². The molecule has 9 heteroatoms. The number of benzene rings is 2. The van der Waals surface area contributed by atoms with Gasteiger partial charge in [-0.25, -0.2) is 0 Å². The monoisotopic (exact) mass is 384 g/mol. The lowest BCUT2D eigenvalue weighted by Crippen LogP contribution is -2.11. The van der Waals surface area contributed by atoms with Gasteiger partial charge in [0.25, 0.3) is 5.91 Å². The first-order chi connectivity index (χ1) is 12.7. The van der Waals surface area contributed by atoms with Crippen LogP contribution in [0, 0.1) is 0 Å². The molecule has 0 fully saturated rings. The summed E-state index contributed by atoms with van der Waals surface area (Å²) in [7, 11) is 0. The topological polar surface area (TPSA) is 90.1 Å². The van der Waals surface area contributed by atoms with Crippen molar-refractivity contribution in [3.8, 4) is 11.5 Å². The van der Waals surface area contributed by atoms with Crippen LogP contribution in [0.15, 0.2) is 57.4 Å². The van der Waals surface area contributed by atoms with Crippen molar-refractivity contribution in [2.24, 2.45) is 0 Å². The smallest absolute Gasteiger partial charge is 0.296 e. The molecule has 2 aromatic carbocycles. The van der Waals surface area contributed by atoms with Crippen LogP contribution >= 0.6 is 23.1 Å². The van der Waals surface area contributed by atoms with E-state index in [-0.39, 0.29) is 5.76 Å². The van der Waals surface area contributed by atoms with Crippen molar-refractivity contribution in [3.63, 3.8) is 0 Å². The molecule has 0 atom stereocenters. The van der Waals surface area contributed by atoms with Crippen LogP contribution in [-0.4, -0.2) is 27.5 Å². The number of anilines is 1. The third-order valence-corrected chi connectivity index (χ3v) is 5.25. The third kappa shape index (κ3) is 3.39. The fraction of sp³-hybridized carbons (Fsp3) is 0.0588. The van der Waals surface area contributed by atoms with E-state index < -0.39 is 5.91 Å². The highest BCUT2D eigenvalue weighted by atomic mass is 32.2. The molecule has 0 bridgehead atoms. The van der Waals surface area contributed by atoms with Crippen molar-refractivity contribution < 1.29 is 14.1 Å². The van der Waals surface area contributed by atoms with Crippen LogP contribution in [0.5, 0.6) is 11.5 Å². The normalized spacial score (nSPS) is 10.8. The van der Waals surface area contributed by atoms with Gasteiger partial charge in [-0.15, -0.1) is 10.2 Å². The third-order valence-electron chi connectivity index (χ3n) is 3.43. The van der Waals surface area contributed by atoms with Gasteiger partial charge in [0.05, 0.1) is 5.39 Å². The second-order valence-electron chi connectivity index (χ2n) is 5.14. The maximum atomic E-state index is 12.5. The first kappa shape index (κ1) is 16.6.